The van der Waals surface area contributed by atoms with Crippen molar-refractivity contribution in [1.82, 2.24) is 0 Å². The molecule has 0 radical (unpaired) electrons. The summed E-state index contributed by atoms with van der Waals surface area (Å²) in [5.41, 5.74) is 3.09. The first-order valence-corrected chi connectivity index (χ1v) is 9.17. The van der Waals surface area contributed by atoms with Gasteiger partial charge in [-0.2, -0.15) is 0 Å². The van der Waals surface area contributed by atoms with Crippen molar-refractivity contribution in [2.45, 2.75) is 33.6 Å². The van der Waals surface area contributed by atoms with Crippen LogP contribution in [0.15, 0.2) is 42.5 Å². The van der Waals surface area contributed by atoms with E-state index in [1.165, 1.54) is 0 Å². The van der Waals surface area contributed by atoms with Gasteiger partial charge in [-0.05, 0) is 67.8 Å². The van der Waals surface area contributed by atoms with E-state index in [4.69, 9.17) is 9.47 Å². The van der Waals surface area contributed by atoms with Crippen LogP contribution in [0.2, 0.25) is 0 Å². The van der Waals surface area contributed by atoms with Crippen molar-refractivity contribution < 1.29 is 23.9 Å². The summed E-state index contributed by atoms with van der Waals surface area (Å²) in [6, 6.07) is 12.1. The number of aryl methyl sites for hydroxylation is 2. The van der Waals surface area contributed by atoms with Gasteiger partial charge in [0.05, 0.1) is 0 Å². The largest absolute Gasteiger partial charge is 0.482 e. The fourth-order valence-corrected chi connectivity index (χ4v) is 2.62. The Balaban J connectivity index is 1.79. The van der Waals surface area contributed by atoms with Crippen molar-refractivity contribution >= 4 is 23.3 Å². The van der Waals surface area contributed by atoms with Crippen LogP contribution < -0.4 is 10.1 Å². The molecule has 0 heterocycles. The summed E-state index contributed by atoms with van der Waals surface area (Å²) < 4.78 is 10.4. The van der Waals surface area contributed by atoms with Crippen molar-refractivity contribution in [2.24, 2.45) is 0 Å². The highest BCUT2D eigenvalue weighted by Crippen LogP contribution is 2.16. The molecule has 6 heteroatoms. The van der Waals surface area contributed by atoms with Gasteiger partial charge in [-0.25, -0.2) is 4.79 Å². The van der Waals surface area contributed by atoms with E-state index >= 15 is 0 Å². The monoisotopic (exact) mass is 383 g/mol. The van der Waals surface area contributed by atoms with Crippen LogP contribution in [0.1, 0.15) is 41.3 Å². The lowest BCUT2D eigenvalue weighted by Gasteiger charge is -2.09. The Morgan fingerprint density at radius 1 is 0.929 bits per heavy atom. The Hall–Kier alpha value is -3.15. The van der Waals surface area contributed by atoms with Crippen LogP contribution in [-0.4, -0.2) is 30.9 Å². The van der Waals surface area contributed by atoms with E-state index in [2.05, 4.69) is 5.32 Å². The molecule has 0 aromatic heterocycles. The summed E-state index contributed by atoms with van der Waals surface area (Å²) in [5.74, 6) is -0.428. The molecular formula is C22H25NO5. The summed E-state index contributed by atoms with van der Waals surface area (Å²) in [6.07, 6.45) is 1.21. The predicted molar refractivity (Wildman–Crippen MR) is 107 cm³/mol. The predicted octanol–water partition coefficient (Wildman–Crippen LogP) is 3.85. The first-order valence-electron chi connectivity index (χ1n) is 9.17. The quantitative estimate of drug-likeness (QED) is 0.525. The minimum Gasteiger partial charge on any atom is -0.482 e. The highest BCUT2D eigenvalue weighted by molar-refractivity contribution is 5.98. The average molecular weight is 383 g/mol. The van der Waals surface area contributed by atoms with Gasteiger partial charge in [0, 0.05) is 17.7 Å². The third-order valence-corrected chi connectivity index (χ3v) is 3.88. The minimum atomic E-state index is -0.615. The maximum absolute atomic E-state index is 12.1. The van der Waals surface area contributed by atoms with E-state index in [-0.39, 0.29) is 24.9 Å². The van der Waals surface area contributed by atoms with Crippen LogP contribution in [0.5, 0.6) is 5.75 Å². The molecule has 1 N–H and O–H groups in total. The van der Waals surface area contributed by atoms with Crippen molar-refractivity contribution in [3.05, 3.63) is 59.2 Å². The number of esters is 1. The Morgan fingerprint density at radius 3 is 2.18 bits per heavy atom. The normalized spacial score (nSPS) is 10.2. The Morgan fingerprint density at radius 2 is 1.57 bits per heavy atom. The van der Waals surface area contributed by atoms with Crippen LogP contribution >= 0.6 is 0 Å². The van der Waals surface area contributed by atoms with Crippen LogP contribution in [0.3, 0.4) is 0 Å². The molecule has 2 rings (SSSR count). The standard InChI is InChI=1S/C22H25NO5/c1-4-5-21(25)23-18-8-6-17(7-9-18)20(24)13-28-22(26)14-27-19-11-15(2)10-16(3)12-19/h6-12H,4-5,13-14H2,1-3H3,(H,23,25). The molecule has 28 heavy (non-hydrogen) atoms. The zero-order valence-electron chi connectivity index (χ0n) is 16.4. The number of benzene rings is 2. The highest BCUT2D eigenvalue weighted by Gasteiger charge is 2.11. The van der Waals surface area contributed by atoms with Gasteiger partial charge in [0.2, 0.25) is 5.91 Å². The van der Waals surface area contributed by atoms with Crippen molar-refractivity contribution in [1.29, 1.82) is 0 Å². The molecule has 1 amide bonds. The number of Topliss-reactive ketones (excluding diaryl/α,β-unsaturated/α-hetero) is 1. The maximum atomic E-state index is 12.1. The van der Waals surface area contributed by atoms with Gasteiger partial charge in [-0.1, -0.05) is 13.0 Å². The van der Waals surface area contributed by atoms with E-state index in [1.807, 2.05) is 39.0 Å². The van der Waals surface area contributed by atoms with E-state index < -0.39 is 5.97 Å². The fraction of sp³-hybridized carbons (Fsp3) is 0.318. The van der Waals surface area contributed by atoms with Crippen LogP contribution in [0.4, 0.5) is 5.69 Å². The SMILES string of the molecule is CCCC(=O)Nc1ccc(C(=O)COC(=O)COc2cc(C)cc(C)c2)cc1. The number of rotatable bonds is 9. The topological polar surface area (TPSA) is 81.7 Å². The minimum absolute atomic E-state index is 0.0701. The summed E-state index contributed by atoms with van der Waals surface area (Å²) in [7, 11) is 0. The van der Waals surface area contributed by atoms with Crippen molar-refractivity contribution in [3.8, 4) is 5.75 Å². The summed E-state index contributed by atoms with van der Waals surface area (Å²) >= 11 is 0. The number of carbonyl (C=O) groups is 3. The first-order chi connectivity index (χ1) is 13.4. The zero-order chi connectivity index (χ0) is 20.5. The molecule has 0 atom stereocenters. The fourth-order valence-electron chi connectivity index (χ4n) is 2.62. The number of carbonyl (C=O) groups excluding carboxylic acids is 3. The second-order valence-electron chi connectivity index (χ2n) is 6.57. The second kappa shape index (κ2) is 10.3. The number of nitrogens with one attached hydrogen (secondary N) is 1. The lowest BCUT2D eigenvalue weighted by atomic mass is 10.1. The van der Waals surface area contributed by atoms with Crippen LogP contribution in [0, 0.1) is 13.8 Å². The summed E-state index contributed by atoms with van der Waals surface area (Å²) in [5, 5.41) is 2.75. The maximum Gasteiger partial charge on any atom is 0.344 e. The third-order valence-electron chi connectivity index (χ3n) is 3.88. The number of amides is 1. The average Bonchev–Trinajstić information content (AvgIpc) is 2.64. The Labute approximate surface area is 164 Å². The summed E-state index contributed by atoms with van der Waals surface area (Å²) in [6.45, 7) is 5.18. The molecule has 148 valence electrons. The van der Waals surface area contributed by atoms with E-state index in [1.54, 1.807) is 24.3 Å². The number of hydrogen-bond donors (Lipinski definition) is 1. The van der Waals surface area contributed by atoms with Crippen molar-refractivity contribution in [3.63, 3.8) is 0 Å². The van der Waals surface area contributed by atoms with Gasteiger partial charge < -0.3 is 14.8 Å². The van der Waals surface area contributed by atoms with Gasteiger partial charge in [0.1, 0.15) is 5.75 Å². The molecule has 0 saturated carbocycles. The summed E-state index contributed by atoms with van der Waals surface area (Å²) in [4.78, 5) is 35.5. The van der Waals surface area contributed by atoms with E-state index in [0.29, 0.717) is 23.4 Å². The van der Waals surface area contributed by atoms with E-state index in [0.717, 1.165) is 17.5 Å². The van der Waals surface area contributed by atoms with Gasteiger partial charge in [-0.3, -0.25) is 9.59 Å². The number of ether oxygens (including phenoxy) is 2. The van der Waals surface area contributed by atoms with Crippen molar-refractivity contribution in [2.75, 3.05) is 18.5 Å². The zero-order valence-corrected chi connectivity index (χ0v) is 16.4. The van der Waals surface area contributed by atoms with Gasteiger partial charge >= 0.3 is 5.97 Å². The molecule has 2 aromatic carbocycles. The lowest BCUT2D eigenvalue weighted by Crippen LogP contribution is -2.19. The molecule has 2 aromatic rings. The molecule has 6 nitrogen and oxygen atoms in total. The molecular weight excluding hydrogens is 358 g/mol. The Bertz CT molecular complexity index is 822. The van der Waals surface area contributed by atoms with Gasteiger partial charge in [0.15, 0.2) is 19.0 Å². The molecule has 0 spiro atoms. The second-order valence-corrected chi connectivity index (χ2v) is 6.57. The molecule has 0 aliphatic carbocycles. The molecule has 0 saturated heterocycles. The third kappa shape index (κ3) is 6.87. The smallest absolute Gasteiger partial charge is 0.344 e. The number of anilines is 1. The van der Waals surface area contributed by atoms with E-state index in [9.17, 15) is 14.4 Å². The Kier molecular flexibility index (Phi) is 7.75. The lowest BCUT2D eigenvalue weighted by molar-refractivity contribution is -0.144. The molecule has 0 aliphatic heterocycles. The van der Waals surface area contributed by atoms with Gasteiger partial charge in [0.25, 0.3) is 0 Å². The van der Waals surface area contributed by atoms with Gasteiger partial charge in [-0.15, -0.1) is 0 Å². The van der Waals surface area contributed by atoms with Crippen LogP contribution in [-0.2, 0) is 14.3 Å². The molecule has 0 fully saturated rings. The molecule has 0 aliphatic rings. The molecule has 0 bridgehead atoms. The number of ketones is 1. The van der Waals surface area contributed by atoms with Crippen LogP contribution in [0.25, 0.3) is 0 Å². The highest BCUT2D eigenvalue weighted by atomic mass is 16.6. The molecule has 0 unspecified atom stereocenters. The first kappa shape index (κ1) is 21.2. The number of hydrogen-bond acceptors (Lipinski definition) is 5.